The van der Waals surface area contributed by atoms with Crippen LogP contribution in [0.5, 0.6) is 0 Å². The number of hydrogen-bond acceptors (Lipinski definition) is 4. The van der Waals surface area contributed by atoms with Crippen molar-refractivity contribution in [3.63, 3.8) is 0 Å². The second-order valence-corrected chi connectivity index (χ2v) is 5.26. The van der Waals surface area contributed by atoms with Gasteiger partial charge in [-0.05, 0) is 36.2 Å². The minimum Gasteiger partial charge on any atom is -0.622 e. The van der Waals surface area contributed by atoms with E-state index < -0.39 is 22.0 Å². The molecule has 116 valence electrons. The number of fused-ring (bicyclic) bond motifs is 1. The summed E-state index contributed by atoms with van der Waals surface area (Å²) in [5, 5.41) is 22.1. The van der Waals surface area contributed by atoms with Gasteiger partial charge < -0.3 is 15.0 Å². The minimum atomic E-state index is -1.38. The molecule has 0 bridgehead atoms. The van der Waals surface area contributed by atoms with Crippen LogP contribution in [0.15, 0.2) is 54.5 Å². The van der Waals surface area contributed by atoms with Gasteiger partial charge in [0.05, 0.1) is 12.1 Å². The van der Waals surface area contributed by atoms with Crippen molar-refractivity contribution >= 4 is 17.4 Å². The molecule has 1 N–H and O–H groups in total. The zero-order valence-corrected chi connectivity index (χ0v) is 12.4. The molecule has 1 atom stereocenters. The van der Waals surface area contributed by atoms with Crippen LogP contribution in [0, 0.1) is 5.21 Å². The molecule has 6 nitrogen and oxygen atoms in total. The zero-order chi connectivity index (χ0) is 16.6. The van der Waals surface area contributed by atoms with Crippen LogP contribution in [0.3, 0.4) is 0 Å². The first-order valence-corrected chi connectivity index (χ1v) is 7.11. The van der Waals surface area contributed by atoms with Gasteiger partial charge in [0, 0.05) is 18.5 Å². The number of hydrogen-bond donors (Lipinski definition) is 1. The van der Waals surface area contributed by atoms with Crippen molar-refractivity contribution in [3.05, 3.63) is 65.3 Å². The number of quaternary nitrogens is 1. The van der Waals surface area contributed by atoms with Gasteiger partial charge in [-0.15, -0.1) is 0 Å². The van der Waals surface area contributed by atoms with Crippen LogP contribution in [0.2, 0.25) is 0 Å². The van der Waals surface area contributed by atoms with E-state index in [9.17, 15) is 14.8 Å². The molecule has 2 heterocycles. The van der Waals surface area contributed by atoms with E-state index in [1.165, 1.54) is 6.07 Å². The number of nitrogens with zero attached hydrogens (tertiary/aromatic N) is 2. The third kappa shape index (κ3) is 2.44. The number of ketones is 1. The highest BCUT2D eigenvalue weighted by Crippen LogP contribution is 2.37. The van der Waals surface area contributed by atoms with Crippen molar-refractivity contribution < 1.29 is 14.7 Å². The topological polar surface area (TPSA) is 90.3 Å². The number of aromatic nitrogens is 1. The molecule has 0 aliphatic carbocycles. The molecule has 0 saturated heterocycles. The number of hydroxylamine groups is 2. The van der Waals surface area contributed by atoms with Gasteiger partial charge in [0.1, 0.15) is 11.9 Å². The Labute approximate surface area is 132 Å². The lowest BCUT2D eigenvalue weighted by atomic mass is 9.94. The molecule has 1 unspecified atom stereocenters. The first kappa shape index (κ1) is 15.1. The fraction of sp³-hybridized carbons (Fsp3) is 0.118. The number of carbonyl (C=O) groups is 2. The van der Waals surface area contributed by atoms with E-state index in [-0.39, 0.29) is 17.8 Å². The zero-order valence-electron chi connectivity index (χ0n) is 12.4. The highest BCUT2D eigenvalue weighted by atomic mass is 16.5. The fourth-order valence-electron chi connectivity index (χ4n) is 2.66. The van der Waals surface area contributed by atoms with Crippen LogP contribution >= 0.6 is 0 Å². The smallest absolute Gasteiger partial charge is 0.345 e. The standard InChI is InChI=1S/C17H14N2O4/c1-2-19(23)10-14(17(21)22)16(20)13-4-3-12(9-15(13)19)11-5-7-18-8-6-11/h3-10H,2H2,1H3,(H,21,22). The summed E-state index contributed by atoms with van der Waals surface area (Å²) >= 11 is 0. The van der Waals surface area contributed by atoms with E-state index in [4.69, 9.17) is 5.11 Å². The molecule has 1 aliphatic rings. The predicted octanol–water partition coefficient (Wildman–Crippen LogP) is 2.74. The van der Waals surface area contributed by atoms with E-state index in [2.05, 4.69) is 4.98 Å². The molecule has 1 aromatic heterocycles. The molecule has 0 radical (unpaired) electrons. The quantitative estimate of drug-likeness (QED) is 0.535. The number of Topliss-reactive ketones (excluding diaryl/α,β-unsaturated/α-hetero) is 1. The first-order chi connectivity index (χ1) is 11.0. The molecule has 0 fully saturated rings. The molecule has 23 heavy (non-hydrogen) atoms. The highest BCUT2D eigenvalue weighted by molar-refractivity contribution is 6.26. The van der Waals surface area contributed by atoms with Crippen LogP contribution in [-0.2, 0) is 4.79 Å². The van der Waals surface area contributed by atoms with Gasteiger partial charge in [-0.25, -0.2) is 4.79 Å². The Morgan fingerprint density at radius 1 is 1.22 bits per heavy atom. The van der Waals surface area contributed by atoms with Crippen molar-refractivity contribution in [1.29, 1.82) is 0 Å². The maximum Gasteiger partial charge on any atom is 0.345 e. The average Bonchev–Trinajstić information content (AvgIpc) is 2.58. The normalized spacial score (nSPS) is 19.9. The van der Waals surface area contributed by atoms with Crippen molar-refractivity contribution in [1.82, 2.24) is 9.63 Å². The summed E-state index contributed by atoms with van der Waals surface area (Å²) in [6.45, 7) is 1.75. The Bertz CT molecular complexity index is 830. The number of aliphatic carboxylic acids is 1. The van der Waals surface area contributed by atoms with Crippen molar-refractivity contribution in [3.8, 4) is 11.1 Å². The molecule has 1 aliphatic heterocycles. The number of rotatable bonds is 3. The summed E-state index contributed by atoms with van der Waals surface area (Å²) in [7, 11) is 0. The van der Waals surface area contributed by atoms with Crippen LogP contribution in [0.4, 0.5) is 5.69 Å². The monoisotopic (exact) mass is 310 g/mol. The number of carbonyl (C=O) groups excluding carboxylic acids is 1. The van der Waals surface area contributed by atoms with Gasteiger partial charge in [0.2, 0.25) is 5.78 Å². The number of pyridine rings is 1. The highest BCUT2D eigenvalue weighted by Gasteiger charge is 2.36. The Morgan fingerprint density at radius 3 is 2.52 bits per heavy atom. The predicted molar refractivity (Wildman–Crippen MR) is 85.4 cm³/mol. The number of benzene rings is 1. The molecule has 1 aromatic carbocycles. The average molecular weight is 310 g/mol. The summed E-state index contributed by atoms with van der Waals surface area (Å²) in [6, 6.07) is 8.47. The minimum absolute atomic E-state index is 0.0941. The van der Waals surface area contributed by atoms with Crippen molar-refractivity contribution in [2.24, 2.45) is 0 Å². The summed E-state index contributed by atoms with van der Waals surface area (Å²) in [5.41, 5.74) is 1.56. The molecule has 3 rings (SSSR count). The second kappa shape index (κ2) is 5.42. The Hall–Kier alpha value is -2.83. The van der Waals surface area contributed by atoms with Crippen molar-refractivity contribution in [2.45, 2.75) is 6.92 Å². The molecule has 0 saturated carbocycles. The maximum atomic E-state index is 13.0. The van der Waals surface area contributed by atoms with E-state index >= 15 is 0 Å². The van der Waals surface area contributed by atoms with Crippen LogP contribution < -0.4 is 4.65 Å². The van der Waals surface area contributed by atoms with Crippen LogP contribution in [-0.4, -0.2) is 28.4 Å². The SMILES string of the molecule is CC[N+]1([O-])C=C(C(=O)O)C(=O)c2ccc(-c3ccncc3)cc21. The Kier molecular flexibility index (Phi) is 3.55. The first-order valence-electron chi connectivity index (χ1n) is 7.11. The van der Waals surface area contributed by atoms with Crippen molar-refractivity contribution in [2.75, 3.05) is 6.54 Å². The lowest BCUT2D eigenvalue weighted by Crippen LogP contribution is -2.42. The van der Waals surface area contributed by atoms with Gasteiger partial charge in [0.25, 0.3) is 0 Å². The molecular formula is C17H14N2O4. The molecular weight excluding hydrogens is 296 g/mol. The number of carboxylic acids is 1. The van der Waals surface area contributed by atoms with E-state index in [0.717, 1.165) is 17.3 Å². The Morgan fingerprint density at radius 2 is 1.91 bits per heavy atom. The lowest BCUT2D eigenvalue weighted by Gasteiger charge is -2.41. The third-order valence-electron chi connectivity index (χ3n) is 3.95. The molecule has 2 aromatic rings. The van der Waals surface area contributed by atoms with Crippen LogP contribution in [0.1, 0.15) is 17.3 Å². The number of carboxylic acid groups (broad SMARTS) is 1. The largest absolute Gasteiger partial charge is 0.622 e. The van der Waals surface area contributed by atoms with E-state index in [0.29, 0.717) is 0 Å². The summed E-state index contributed by atoms with van der Waals surface area (Å²) in [5.74, 6) is -2.02. The van der Waals surface area contributed by atoms with Crippen LogP contribution in [0.25, 0.3) is 11.1 Å². The van der Waals surface area contributed by atoms with Gasteiger partial charge in [-0.1, -0.05) is 6.07 Å². The van der Waals surface area contributed by atoms with E-state index in [1.54, 1.807) is 43.6 Å². The second-order valence-electron chi connectivity index (χ2n) is 5.26. The molecule has 6 heteroatoms. The van der Waals surface area contributed by atoms with E-state index in [1.807, 2.05) is 0 Å². The van der Waals surface area contributed by atoms with Gasteiger partial charge in [0.15, 0.2) is 5.57 Å². The van der Waals surface area contributed by atoms with Gasteiger partial charge >= 0.3 is 5.97 Å². The fourth-order valence-corrected chi connectivity index (χ4v) is 2.66. The Balaban J connectivity index is 2.20. The third-order valence-corrected chi connectivity index (χ3v) is 3.95. The summed E-state index contributed by atoms with van der Waals surface area (Å²) in [4.78, 5) is 27.5. The summed E-state index contributed by atoms with van der Waals surface area (Å²) in [6.07, 6.45) is 4.26. The summed E-state index contributed by atoms with van der Waals surface area (Å²) < 4.78 is -0.971. The molecule has 0 spiro atoms. The van der Waals surface area contributed by atoms with Gasteiger partial charge in [-0.3, -0.25) is 9.78 Å². The molecule has 0 amide bonds. The van der Waals surface area contributed by atoms with Gasteiger partial charge in [-0.2, -0.15) is 0 Å². The lowest BCUT2D eigenvalue weighted by molar-refractivity contribution is -0.132. The maximum absolute atomic E-state index is 13.0.